The molecule has 1 aliphatic heterocycles. The second-order valence-corrected chi connectivity index (χ2v) is 8.56. The monoisotopic (exact) mass is 473 g/mol. The molecule has 180 valence electrons. The molecular weight excluding hydrogens is 447 g/mol. The molecule has 3 aromatic rings. The van der Waals surface area contributed by atoms with Gasteiger partial charge in [0.05, 0.1) is 23.3 Å². The van der Waals surface area contributed by atoms with E-state index >= 15 is 0 Å². The molecule has 4 N–H and O–H groups in total. The van der Waals surface area contributed by atoms with Crippen molar-refractivity contribution in [1.82, 2.24) is 20.3 Å². The smallest absolute Gasteiger partial charge is 0.399 e. The molecule has 1 aliphatic rings. The Labute approximate surface area is 194 Å². The summed E-state index contributed by atoms with van der Waals surface area (Å²) in [5.74, 6) is 1.64. The molecule has 0 aliphatic carbocycles. The van der Waals surface area contributed by atoms with Crippen LogP contribution in [0, 0.1) is 6.92 Å². The van der Waals surface area contributed by atoms with Gasteiger partial charge in [-0.25, -0.2) is 15.0 Å². The minimum atomic E-state index is -4.49. The highest BCUT2D eigenvalue weighted by molar-refractivity contribution is 5.90. The Hall–Kier alpha value is -3.63. The molecule has 1 amide bonds. The number of nitrogens with one attached hydrogen (secondary N) is 2. The van der Waals surface area contributed by atoms with E-state index in [0.717, 1.165) is 25.1 Å². The van der Waals surface area contributed by atoms with E-state index in [4.69, 9.17) is 5.73 Å². The summed E-state index contributed by atoms with van der Waals surface area (Å²) in [4.78, 5) is 26.9. The molecule has 2 atom stereocenters. The number of hydrogen-bond acceptors (Lipinski definition) is 7. The van der Waals surface area contributed by atoms with Crippen molar-refractivity contribution >= 4 is 34.1 Å². The number of aryl methyl sites for hydroxylation is 1. The minimum absolute atomic E-state index is 0.0384. The molecule has 0 bridgehead atoms. The van der Waals surface area contributed by atoms with Gasteiger partial charge in [0, 0.05) is 37.1 Å². The summed E-state index contributed by atoms with van der Waals surface area (Å²) in [6.07, 6.45) is -2.03. The van der Waals surface area contributed by atoms with Crippen LogP contribution >= 0.6 is 0 Å². The number of nitrogen functional groups attached to an aromatic ring is 1. The highest BCUT2D eigenvalue weighted by Gasteiger charge is 2.31. The number of pyridine rings is 1. The minimum Gasteiger partial charge on any atom is -0.399 e. The van der Waals surface area contributed by atoms with Crippen LogP contribution in [0.3, 0.4) is 0 Å². The van der Waals surface area contributed by atoms with Crippen molar-refractivity contribution in [2.75, 3.05) is 29.0 Å². The van der Waals surface area contributed by atoms with E-state index in [1.54, 1.807) is 20.0 Å². The van der Waals surface area contributed by atoms with E-state index in [2.05, 4.69) is 30.5 Å². The Morgan fingerprint density at radius 3 is 2.71 bits per heavy atom. The Morgan fingerprint density at radius 1 is 1.24 bits per heavy atom. The summed E-state index contributed by atoms with van der Waals surface area (Å²) >= 11 is 0. The zero-order chi connectivity index (χ0) is 24.6. The molecule has 0 saturated carbocycles. The highest BCUT2D eigenvalue weighted by Crippen LogP contribution is 2.34. The van der Waals surface area contributed by atoms with Gasteiger partial charge in [0.25, 0.3) is 0 Å². The number of carbonyl (C=O) groups excluding carboxylic acids is 1. The van der Waals surface area contributed by atoms with E-state index in [0.29, 0.717) is 40.5 Å². The van der Waals surface area contributed by atoms with Gasteiger partial charge in [0.2, 0.25) is 5.91 Å². The molecule has 1 fully saturated rings. The number of nitrogens with zero attached hydrogens (tertiary/aromatic N) is 4. The van der Waals surface area contributed by atoms with Crippen molar-refractivity contribution < 1.29 is 18.0 Å². The largest absolute Gasteiger partial charge is 0.416 e. The number of carbonyl (C=O) groups is 1. The van der Waals surface area contributed by atoms with E-state index < -0.39 is 17.8 Å². The lowest BCUT2D eigenvalue weighted by Crippen LogP contribution is -2.35. The van der Waals surface area contributed by atoms with Crippen molar-refractivity contribution in [1.29, 1.82) is 0 Å². The molecule has 4 rings (SSSR count). The van der Waals surface area contributed by atoms with E-state index in [1.165, 1.54) is 13.0 Å². The van der Waals surface area contributed by atoms with Crippen LogP contribution in [0.1, 0.15) is 43.3 Å². The van der Waals surface area contributed by atoms with Gasteiger partial charge in [0.15, 0.2) is 0 Å². The van der Waals surface area contributed by atoms with Crippen molar-refractivity contribution in [3.8, 4) is 0 Å². The average molecular weight is 474 g/mol. The maximum absolute atomic E-state index is 13.3. The molecule has 0 spiro atoms. The van der Waals surface area contributed by atoms with Crippen molar-refractivity contribution in [2.24, 2.45) is 0 Å². The number of anilines is 3. The summed E-state index contributed by atoms with van der Waals surface area (Å²) in [5.41, 5.74) is 5.99. The first-order valence-electron chi connectivity index (χ1n) is 10.9. The molecule has 3 heterocycles. The van der Waals surface area contributed by atoms with Crippen LogP contribution in [0.15, 0.2) is 30.5 Å². The third-order valence-corrected chi connectivity index (χ3v) is 5.76. The topological polar surface area (TPSA) is 109 Å². The molecule has 8 nitrogen and oxygen atoms in total. The van der Waals surface area contributed by atoms with Crippen LogP contribution in [0.5, 0.6) is 0 Å². The number of alkyl halides is 3. The maximum Gasteiger partial charge on any atom is 0.416 e. The first kappa shape index (κ1) is 23.5. The first-order chi connectivity index (χ1) is 16.0. The lowest BCUT2D eigenvalue weighted by molar-refractivity contribution is -0.137. The SMILES string of the molecule is CC(=O)N[C@H]1CCN(c2cc3c(N[C@H](C)c4cc(N)cc(C(F)(F)F)c4)nc(C)nc3cn2)C1. The number of hydrogen-bond donors (Lipinski definition) is 3. The molecule has 2 aromatic heterocycles. The summed E-state index contributed by atoms with van der Waals surface area (Å²) in [5, 5.41) is 6.85. The second kappa shape index (κ2) is 8.96. The van der Waals surface area contributed by atoms with Crippen molar-refractivity contribution in [3.63, 3.8) is 0 Å². The van der Waals surface area contributed by atoms with Crippen molar-refractivity contribution in [3.05, 3.63) is 47.4 Å². The number of aromatic nitrogens is 3. The van der Waals surface area contributed by atoms with Gasteiger partial charge in [-0.3, -0.25) is 4.79 Å². The van der Waals surface area contributed by atoms with Gasteiger partial charge in [-0.15, -0.1) is 0 Å². The number of rotatable bonds is 5. The molecule has 1 saturated heterocycles. The van der Waals surface area contributed by atoms with Crippen LogP contribution in [0.4, 0.5) is 30.5 Å². The number of nitrogens with two attached hydrogens (primary N) is 1. The quantitative estimate of drug-likeness (QED) is 0.484. The first-order valence-corrected chi connectivity index (χ1v) is 10.9. The van der Waals surface area contributed by atoms with Gasteiger partial charge in [-0.1, -0.05) is 0 Å². The molecule has 0 unspecified atom stereocenters. The lowest BCUT2D eigenvalue weighted by atomic mass is 10.0. The van der Waals surface area contributed by atoms with Crippen LogP contribution in [-0.2, 0) is 11.0 Å². The average Bonchev–Trinajstić information content (AvgIpc) is 3.20. The fraction of sp³-hybridized carbons (Fsp3) is 0.391. The van der Waals surface area contributed by atoms with Crippen LogP contribution in [0.2, 0.25) is 0 Å². The summed E-state index contributed by atoms with van der Waals surface area (Å²) in [6, 6.07) is 4.93. The van der Waals surface area contributed by atoms with Gasteiger partial charge in [-0.05, 0) is 50.1 Å². The fourth-order valence-electron chi connectivity index (χ4n) is 4.17. The predicted octanol–water partition coefficient (Wildman–Crippen LogP) is 3.82. The Balaban J connectivity index is 1.64. The lowest BCUT2D eigenvalue weighted by Gasteiger charge is -2.21. The Kier molecular flexibility index (Phi) is 6.20. The molecule has 34 heavy (non-hydrogen) atoms. The Bertz CT molecular complexity index is 1230. The molecule has 11 heteroatoms. The van der Waals surface area contributed by atoms with Gasteiger partial charge in [-0.2, -0.15) is 13.2 Å². The number of halogens is 3. The van der Waals surface area contributed by atoms with E-state index in [-0.39, 0.29) is 17.6 Å². The van der Waals surface area contributed by atoms with Gasteiger partial charge < -0.3 is 21.3 Å². The Morgan fingerprint density at radius 2 is 2.00 bits per heavy atom. The van der Waals surface area contributed by atoms with E-state index in [9.17, 15) is 18.0 Å². The molecule has 0 radical (unpaired) electrons. The third-order valence-electron chi connectivity index (χ3n) is 5.76. The van der Waals surface area contributed by atoms with Gasteiger partial charge >= 0.3 is 6.18 Å². The number of fused-ring (bicyclic) bond motifs is 1. The predicted molar refractivity (Wildman–Crippen MR) is 124 cm³/mol. The number of benzene rings is 1. The third kappa shape index (κ3) is 5.13. The van der Waals surface area contributed by atoms with Crippen LogP contribution in [0.25, 0.3) is 10.9 Å². The van der Waals surface area contributed by atoms with Crippen LogP contribution in [-0.4, -0.2) is 40.0 Å². The zero-order valence-corrected chi connectivity index (χ0v) is 19.1. The molecule has 1 aromatic carbocycles. The standard InChI is InChI=1S/C23H26F3N7O/c1-12(15-6-16(23(24,25)26)8-17(27)7-15)29-22-19-9-21(28-10-20(19)30-13(2)31-22)33-5-4-18(11-33)32-14(3)34/h6-10,12,18H,4-5,11,27H2,1-3H3,(H,32,34)(H,29,30,31)/t12-,18+/m1/s1. The number of amides is 1. The van der Waals surface area contributed by atoms with E-state index in [1.807, 2.05) is 6.07 Å². The van der Waals surface area contributed by atoms with Crippen molar-refractivity contribution in [2.45, 2.75) is 45.5 Å². The van der Waals surface area contributed by atoms with Crippen LogP contribution < -0.4 is 21.3 Å². The normalized spacial score (nSPS) is 17.1. The molecular formula is C23H26F3N7O. The maximum atomic E-state index is 13.3. The summed E-state index contributed by atoms with van der Waals surface area (Å²) < 4.78 is 39.8. The zero-order valence-electron chi connectivity index (χ0n) is 19.1. The fourth-order valence-corrected chi connectivity index (χ4v) is 4.17. The van der Waals surface area contributed by atoms with Gasteiger partial charge in [0.1, 0.15) is 17.5 Å². The highest BCUT2D eigenvalue weighted by atomic mass is 19.4. The summed E-state index contributed by atoms with van der Waals surface area (Å²) in [7, 11) is 0. The summed E-state index contributed by atoms with van der Waals surface area (Å²) in [6.45, 7) is 6.35. The second-order valence-electron chi connectivity index (χ2n) is 8.56.